The molecule has 0 spiro atoms. The Balaban J connectivity index is 1.34. The predicted octanol–water partition coefficient (Wildman–Crippen LogP) is 8.12. The summed E-state index contributed by atoms with van der Waals surface area (Å²) in [4.78, 5) is 57.8. The first kappa shape index (κ1) is 28.7. The summed E-state index contributed by atoms with van der Waals surface area (Å²) in [6.07, 6.45) is 0. The summed E-state index contributed by atoms with van der Waals surface area (Å²) >= 11 is 15.8. The van der Waals surface area contributed by atoms with E-state index in [1.165, 1.54) is 0 Å². The molecule has 10 heteroatoms. The molecule has 2 heterocycles. The van der Waals surface area contributed by atoms with E-state index < -0.39 is 24.4 Å². The fourth-order valence-electron chi connectivity index (χ4n) is 4.91. The van der Waals surface area contributed by atoms with E-state index in [-0.39, 0.29) is 11.3 Å². The molecule has 0 aliphatic carbocycles. The lowest BCUT2D eigenvalue weighted by molar-refractivity contribution is 0.0476. The highest BCUT2D eigenvalue weighted by Gasteiger charge is 2.36. The molecule has 5 aromatic rings. The molecule has 1 aromatic heterocycles. The van der Waals surface area contributed by atoms with Gasteiger partial charge in [-0.2, -0.15) is 0 Å². The Hall–Kier alpha value is -4.37. The van der Waals surface area contributed by atoms with E-state index in [0.29, 0.717) is 64.6 Å². The van der Waals surface area contributed by atoms with E-state index in [2.05, 4.69) is 15.9 Å². The quantitative estimate of drug-likeness (QED) is 0.103. The van der Waals surface area contributed by atoms with Crippen LogP contribution in [0.1, 0.15) is 47.0 Å². The molecule has 0 atom stereocenters. The number of carbonyl (C=O) groups excluding carboxylic acids is 4. The van der Waals surface area contributed by atoms with Crippen LogP contribution in [0.4, 0.5) is 5.69 Å². The first-order chi connectivity index (χ1) is 20.6. The van der Waals surface area contributed by atoms with Crippen LogP contribution in [-0.4, -0.2) is 35.2 Å². The lowest BCUT2D eigenvalue weighted by Gasteiger charge is -2.15. The molecule has 2 amide bonds. The van der Waals surface area contributed by atoms with E-state index in [1.807, 2.05) is 0 Å². The minimum absolute atomic E-state index is 0.189. The number of rotatable bonds is 6. The maximum atomic E-state index is 13.4. The fourth-order valence-corrected chi connectivity index (χ4v) is 5.71. The number of hydrogen-bond acceptors (Lipinski definition) is 6. The van der Waals surface area contributed by atoms with Crippen LogP contribution in [0.15, 0.2) is 89.4 Å². The van der Waals surface area contributed by atoms with Crippen molar-refractivity contribution in [2.75, 3.05) is 11.5 Å². The lowest BCUT2D eigenvalue weighted by Crippen LogP contribution is -2.29. The third-order valence-electron chi connectivity index (χ3n) is 7.16. The molecule has 0 fully saturated rings. The molecule has 0 N–H and O–H groups in total. The van der Waals surface area contributed by atoms with Crippen molar-refractivity contribution in [3.8, 4) is 11.3 Å². The highest BCUT2D eigenvalue weighted by Crippen LogP contribution is 2.36. The molecule has 0 bridgehead atoms. The Morgan fingerprint density at radius 2 is 1.51 bits per heavy atom. The van der Waals surface area contributed by atoms with Crippen molar-refractivity contribution >= 4 is 79.3 Å². The second kappa shape index (κ2) is 11.4. The van der Waals surface area contributed by atoms with Gasteiger partial charge in [0.2, 0.25) is 0 Å². The number of hydrogen-bond donors (Lipinski definition) is 0. The van der Waals surface area contributed by atoms with Crippen LogP contribution in [0.2, 0.25) is 10.0 Å². The van der Waals surface area contributed by atoms with Gasteiger partial charge in [0.1, 0.15) is 0 Å². The first-order valence-electron chi connectivity index (χ1n) is 13.0. The van der Waals surface area contributed by atoms with E-state index in [4.69, 9.17) is 32.9 Å². The third-order valence-corrected chi connectivity index (χ3v) is 8.75. The number of aryl methyl sites for hydroxylation is 1. The van der Waals surface area contributed by atoms with Crippen molar-refractivity contribution in [1.82, 2.24) is 4.98 Å². The van der Waals surface area contributed by atoms with Gasteiger partial charge in [-0.1, -0.05) is 47.5 Å². The minimum atomic E-state index is -0.716. The van der Waals surface area contributed by atoms with Gasteiger partial charge in [-0.3, -0.25) is 14.4 Å². The number of aromatic nitrogens is 1. The van der Waals surface area contributed by atoms with Gasteiger partial charge in [0.05, 0.1) is 38.6 Å². The van der Waals surface area contributed by atoms with Crippen LogP contribution in [0, 0.1) is 6.92 Å². The molecule has 1 aliphatic rings. The molecule has 0 saturated carbocycles. The van der Waals surface area contributed by atoms with Crippen molar-refractivity contribution < 1.29 is 23.9 Å². The van der Waals surface area contributed by atoms with Crippen molar-refractivity contribution in [2.24, 2.45) is 0 Å². The Kier molecular flexibility index (Phi) is 7.60. The van der Waals surface area contributed by atoms with Gasteiger partial charge in [-0.15, -0.1) is 0 Å². The Morgan fingerprint density at radius 1 is 0.884 bits per heavy atom. The average molecular weight is 674 g/mol. The SMILES string of the molecule is Cc1c(Cl)c(Br)cc2c(C(=O)OCC(=O)c3ccc(Cl)cc3)cc(-c3ccc(N4C(=O)c5ccccc5C4=O)cc3)nc12. The molecular formula is C33H19BrCl2N2O5. The van der Waals surface area contributed by atoms with Crippen LogP contribution in [0.5, 0.6) is 0 Å². The van der Waals surface area contributed by atoms with Gasteiger partial charge < -0.3 is 4.74 Å². The second-order valence-corrected chi connectivity index (χ2v) is 11.5. The number of amides is 2. The first-order valence-corrected chi connectivity index (χ1v) is 14.5. The molecule has 4 aromatic carbocycles. The summed E-state index contributed by atoms with van der Waals surface area (Å²) in [5, 5.41) is 1.42. The summed E-state index contributed by atoms with van der Waals surface area (Å²) < 4.78 is 6.02. The molecule has 43 heavy (non-hydrogen) atoms. The summed E-state index contributed by atoms with van der Waals surface area (Å²) in [6.45, 7) is 1.32. The summed E-state index contributed by atoms with van der Waals surface area (Å²) in [5.74, 6) is -1.89. The van der Waals surface area contributed by atoms with Crippen LogP contribution < -0.4 is 4.90 Å². The Bertz CT molecular complexity index is 1960. The van der Waals surface area contributed by atoms with Gasteiger partial charge >= 0.3 is 5.97 Å². The number of anilines is 1. The molecular weight excluding hydrogens is 655 g/mol. The van der Waals surface area contributed by atoms with Crippen LogP contribution in [0.3, 0.4) is 0 Å². The largest absolute Gasteiger partial charge is 0.454 e. The number of fused-ring (bicyclic) bond motifs is 2. The maximum absolute atomic E-state index is 13.4. The van der Waals surface area contributed by atoms with Gasteiger partial charge in [-0.05, 0) is 89.1 Å². The normalized spacial score (nSPS) is 12.5. The lowest BCUT2D eigenvalue weighted by atomic mass is 10.0. The van der Waals surface area contributed by atoms with Gasteiger partial charge in [0.25, 0.3) is 11.8 Å². The molecule has 7 nitrogen and oxygen atoms in total. The average Bonchev–Trinajstić information content (AvgIpc) is 3.28. The van der Waals surface area contributed by atoms with Crippen molar-refractivity contribution in [2.45, 2.75) is 6.92 Å². The number of esters is 1. The van der Waals surface area contributed by atoms with E-state index >= 15 is 0 Å². The van der Waals surface area contributed by atoms with Gasteiger partial charge in [0, 0.05) is 26.0 Å². The Morgan fingerprint density at radius 3 is 2.14 bits per heavy atom. The van der Waals surface area contributed by atoms with Gasteiger partial charge in [-0.25, -0.2) is 14.7 Å². The third kappa shape index (κ3) is 5.22. The minimum Gasteiger partial charge on any atom is -0.454 e. The maximum Gasteiger partial charge on any atom is 0.339 e. The van der Waals surface area contributed by atoms with Gasteiger partial charge in [0.15, 0.2) is 12.4 Å². The summed E-state index contributed by atoms with van der Waals surface area (Å²) in [5.41, 5.74) is 3.82. The molecule has 0 radical (unpaired) electrons. The fraction of sp³-hybridized carbons (Fsp3) is 0.0606. The highest BCUT2D eigenvalue weighted by molar-refractivity contribution is 9.10. The topological polar surface area (TPSA) is 93.6 Å². The van der Waals surface area contributed by atoms with E-state index in [1.54, 1.807) is 91.9 Å². The Labute approximate surface area is 264 Å². The number of carbonyl (C=O) groups is 4. The zero-order chi connectivity index (χ0) is 30.4. The standard InChI is InChI=1S/C33H19BrCl2N2O5/c1-17-29(36)26(34)14-24-25(33(42)43-16-28(39)19-6-10-20(35)11-7-19)15-27(37-30(17)24)18-8-12-21(13-9-18)38-31(40)22-4-2-3-5-23(22)32(38)41/h2-15H,16H2,1H3. The molecule has 0 unspecified atom stereocenters. The van der Waals surface area contributed by atoms with Crippen LogP contribution in [-0.2, 0) is 4.74 Å². The van der Waals surface area contributed by atoms with Crippen molar-refractivity contribution in [1.29, 1.82) is 0 Å². The van der Waals surface area contributed by atoms with E-state index in [9.17, 15) is 19.2 Å². The molecule has 6 rings (SSSR count). The van der Waals surface area contributed by atoms with E-state index in [0.717, 1.165) is 4.90 Å². The van der Waals surface area contributed by atoms with Crippen LogP contribution >= 0.6 is 39.1 Å². The highest BCUT2D eigenvalue weighted by atomic mass is 79.9. The van der Waals surface area contributed by atoms with Crippen LogP contribution in [0.25, 0.3) is 22.2 Å². The smallest absolute Gasteiger partial charge is 0.339 e. The monoisotopic (exact) mass is 672 g/mol. The zero-order valence-electron chi connectivity index (χ0n) is 22.4. The van der Waals surface area contributed by atoms with Crippen molar-refractivity contribution in [3.05, 3.63) is 127 Å². The van der Waals surface area contributed by atoms with Crippen molar-refractivity contribution in [3.63, 3.8) is 0 Å². The molecule has 212 valence electrons. The molecule has 1 aliphatic heterocycles. The number of imide groups is 1. The number of pyridine rings is 1. The summed E-state index contributed by atoms with van der Waals surface area (Å²) in [6, 6.07) is 22.9. The molecule has 0 saturated heterocycles. The summed E-state index contributed by atoms with van der Waals surface area (Å²) in [7, 11) is 0. The number of ketones is 1. The number of benzene rings is 4. The second-order valence-electron chi connectivity index (χ2n) is 9.79. The number of Topliss-reactive ketones (excluding diaryl/α,β-unsaturated/α-hetero) is 1. The number of nitrogens with zero attached hydrogens (tertiary/aromatic N) is 2. The zero-order valence-corrected chi connectivity index (χ0v) is 25.5. The predicted molar refractivity (Wildman–Crippen MR) is 168 cm³/mol. The number of ether oxygens (including phenoxy) is 1. The number of halogens is 3.